The molecule has 0 saturated carbocycles. The van der Waals surface area contributed by atoms with Gasteiger partial charge in [0.25, 0.3) is 0 Å². The predicted molar refractivity (Wildman–Crippen MR) is 233 cm³/mol. The standard InChI is InChI=1S/C52H30N2O2/c1-3-13-33(14-4-1)53-41-20-10-7-17-35(41)36-25-23-32(30-43(36)53)31-24-27-42-40(29-31)50-51(54(42)34-15-5-2-6-16-34)39-26-28-46-47(37-18-8-11-21-44(37)55-46)48(39)49-38-19-9-12-22-45(38)56-52(49)50/h1-30H. The summed E-state index contributed by atoms with van der Waals surface area (Å²) in [6.07, 6.45) is 0. The third kappa shape index (κ3) is 3.92. The third-order valence-electron chi connectivity index (χ3n) is 11.9. The maximum absolute atomic E-state index is 7.02. The molecule has 4 aromatic heterocycles. The zero-order valence-electron chi connectivity index (χ0n) is 30.0. The fourth-order valence-electron chi connectivity index (χ4n) is 9.55. The monoisotopic (exact) mass is 714 g/mol. The molecule has 4 heteroatoms. The van der Waals surface area contributed by atoms with Gasteiger partial charge in [-0.3, -0.25) is 0 Å². The number of aromatic nitrogens is 2. The fraction of sp³-hybridized carbons (Fsp3) is 0. The average Bonchev–Trinajstić information content (AvgIpc) is 4.01. The number of benzene rings is 9. The van der Waals surface area contributed by atoms with Crippen LogP contribution in [-0.4, -0.2) is 9.13 Å². The first kappa shape index (κ1) is 29.8. The summed E-state index contributed by atoms with van der Waals surface area (Å²) in [6.45, 7) is 0. The molecule has 0 atom stereocenters. The summed E-state index contributed by atoms with van der Waals surface area (Å²) >= 11 is 0. The molecule has 0 fully saturated rings. The third-order valence-corrected chi connectivity index (χ3v) is 11.9. The zero-order valence-corrected chi connectivity index (χ0v) is 30.0. The highest BCUT2D eigenvalue weighted by Gasteiger charge is 2.26. The second-order valence-corrected chi connectivity index (χ2v) is 14.8. The van der Waals surface area contributed by atoms with Gasteiger partial charge in [0.15, 0.2) is 0 Å². The summed E-state index contributed by atoms with van der Waals surface area (Å²) in [5.74, 6) is 0. The highest BCUT2D eigenvalue weighted by Crippen LogP contribution is 2.49. The summed E-state index contributed by atoms with van der Waals surface area (Å²) in [4.78, 5) is 0. The lowest BCUT2D eigenvalue weighted by molar-refractivity contribution is 0.669. The highest BCUT2D eigenvalue weighted by atomic mass is 16.3. The maximum Gasteiger partial charge on any atom is 0.146 e. The van der Waals surface area contributed by atoms with E-state index in [1.54, 1.807) is 0 Å². The zero-order chi connectivity index (χ0) is 36.5. The second kappa shape index (κ2) is 11.0. The minimum Gasteiger partial charge on any atom is -0.456 e. The van der Waals surface area contributed by atoms with E-state index in [-0.39, 0.29) is 0 Å². The van der Waals surface area contributed by atoms with E-state index in [0.29, 0.717) is 0 Å². The minimum absolute atomic E-state index is 0.872. The molecular formula is C52H30N2O2. The van der Waals surface area contributed by atoms with E-state index in [9.17, 15) is 0 Å². The SMILES string of the molecule is c1ccc(-n2c3ccccc3c3ccc(-c4ccc5c(c4)c4c6oc7ccccc7c6c6c(ccc7oc8ccccc8c76)c4n5-c4ccccc4)cc32)cc1. The van der Waals surface area contributed by atoms with Gasteiger partial charge in [0.05, 0.1) is 27.5 Å². The molecule has 4 heterocycles. The van der Waals surface area contributed by atoms with Gasteiger partial charge in [-0.15, -0.1) is 0 Å². The van der Waals surface area contributed by atoms with Crippen molar-refractivity contribution in [1.29, 1.82) is 0 Å². The van der Waals surface area contributed by atoms with E-state index in [1.807, 2.05) is 6.07 Å². The van der Waals surface area contributed by atoms with Crippen molar-refractivity contribution >= 4 is 98.3 Å². The highest BCUT2D eigenvalue weighted by molar-refractivity contribution is 6.40. The molecule has 0 amide bonds. The van der Waals surface area contributed by atoms with Gasteiger partial charge in [-0.1, -0.05) is 109 Å². The van der Waals surface area contributed by atoms with Gasteiger partial charge in [-0.2, -0.15) is 0 Å². The van der Waals surface area contributed by atoms with Crippen molar-refractivity contribution < 1.29 is 8.83 Å². The van der Waals surface area contributed by atoms with Crippen LogP contribution in [0.1, 0.15) is 0 Å². The number of hydrogen-bond donors (Lipinski definition) is 0. The van der Waals surface area contributed by atoms with Crippen LogP contribution < -0.4 is 0 Å². The maximum atomic E-state index is 7.02. The molecule has 0 bridgehead atoms. The molecule has 0 aliphatic carbocycles. The van der Waals surface area contributed by atoms with Crippen molar-refractivity contribution in [3.05, 3.63) is 182 Å². The van der Waals surface area contributed by atoms with E-state index < -0.39 is 0 Å². The quantitative estimate of drug-likeness (QED) is 0.183. The van der Waals surface area contributed by atoms with Gasteiger partial charge in [-0.25, -0.2) is 0 Å². The smallest absolute Gasteiger partial charge is 0.146 e. The average molecular weight is 715 g/mol. The Morgan fingerprint density at radius 2 is 0.875 bits per heavy atom. The molecule has 0 aliphatic rings. The molecule has 4 nitrogen and oxygen atoms in total. The second-order valence-electron chi connectivity index (χ2n) is 14.8. The van der Waals surface area contributed by atoms with Crippen molar-refractivity contribution in [2.75, 3.05) is 0 Å². The normalized spacial score (nSPS) is 12.3. The van der Waals surface area contributed by atoms with E-state index in [2.05, 4.69) is 185 Å². The van der Waals surface area contributed by atoms with Crippen LogP contribution in [0.25, 0.3) is 121 Å². The predicted octanol–water partition coefficient (Wildman–Crippen LogP) is 14.5. The Morgan fingerprint density at radius 3 is 1.66 bits per heavy atom. The van der Waals surface area contributed by atoms with Crippen LogP contribution in [-0.2, 0) is 0 Å². The number of para-hydroxylation sites is 5. The van der Waals surface area contributed by atoms with Crippen molar-refractivity contribution in [1.82, 2.24) is 9.13 Å². The Morgan fingerprint density at radius 1 is 0.304 bits per heavy atom. The first-order chi connectivity index (χ1) is 27.8. The molecule has 0 saturated heterocycles. The molecule has 56 heavy (non-hydrogen) atoms. The van der Waals surface area contributed by atoms with Crippen LogP contribution in [0.2, 0.25) is 0 Å². The van der Waals surface area contributed by atoms with Crippen LogP contribution in [0.4, 0.5) is 0 Å². The van der Waals surface area contributed by atoms with E-state index in [4.69, 9.17) is 8.83 Å². The number of furan rings is 2. The Balaban J connectivity index is 1.19. The Bertz CT molecular complexity index is 3750. The molecule has 0 N–H and O–H groups in total. The first-order valence-electron chi connectivity index (χ1n) is 19.1. The van der Waals surface area contributed by atoms with Crippen LogP contribution >= 0.6 is 0 Å². The van der Waals surface area contributed by atoms with Crippen LogP contribution in [0, 0.1) is 0 Å². The molecule has 0 aliphatic heterocycles. The van der Waals surface area contributed by atoms with Crippen LogP contribution in [0.5, 0.6) is 0 Å². The van der Waals surface area contributed by atoms with Gasteiger partial charge in [0.1, 0.15) is 22.3 Å². The summed E-state index contributed by atoms with van der Waals surface area (Å²) in [5.41, 5.74) is 12.7. The molecule has 0 radical (unpaired) electrons. The molecule has 13 aromatic rings. The first-order valence-corrected chi connectivity index (χ1v) is 19.1. The molecular weight excluding hydrogens is 685 g/mol. The van der Waals surface area contributed by atoms with Gasteiger partial charge < -0.3 is 18.0 Å². The van der Waals surface area contributed by atoms with Crippen LogP contribution in [0.15, 0.2) is 191 Å². The van der Waals surface area contributed by atoms with Gasteiger partial charge in [0, 0.05) is 59.9 Å². The summed E-state index contributed by atoms with van der Waals surface area (Å²) in [7, 11) is 0. The largest absolute Gasteiger partial charge is 0.456 e. The molecule has 13 rings (SSSR count). The Hall–Kier alpha value is -7.56. The van der Waals surface area contributed by atoms with E-state index in [0.717, 1.165) is 99.0 Å². The number of nitrogens with zero attached hydrogens (tertiary/aromatic N) is 2. The Labute approximate surface area is 319 Å². The molecule has 9 aromatic carbocycles. The van der Waals surface area contributed by atoms with E-state index >= 15 is 0 Å². The van der Waals surface area contributed by atoms with Crippen molar-refractivity contribution in [2.24, 2.45) is 0 Å². The summed E-state index contributed by atoms with van der Waals surface area (Å²) in [6, 6.07) is 65.1. The molecule has 260 valence electrons. The van der Waals surface area contributed by atoms with Gasteiger partial charge in [0.2, 0.25) is 0 Å². The number of rotatable bonds is 3. The lowest BCUT2D eigenvalue weighted by Gasteiger charge is -2.11. The van der Waals surface area contributed by atoms with Gasteiger partial charge in [-0.05, 0) is 83.9 Å². The summed E-state index contributed by atoms with van der Waals surface area (Å²) < 4.78 is 18.3. The number of hydrogen-bond acceptors (Lipinski definition) is 2. The van der Waals surface area contributed by atoms with Crippen molar-refractivity contribution in [3.8, 4) is 22.5 Å². The molecule has 0 unspecified atom stereocenters. The van der Waals surface area contributed by atoms with Gasteiger partial charge >= 0.3 is 0 Å². The van der Waals surface area contributed by atoms with Crippen molar-refractivity contribution in [2.45, 2.75) is 0 Å². The fourth-order valence-corrected chi connectivity index (χ4v) is 9.55. The molecule has 0 spiro atoms. The van der Waals surface area contributed by atoms with E-state index in [1.165, 1.54) is 21.8 Å². The summed E-state index contributed by atoms with van der Waals surface area (Å²) in [5, 5.41) is 11.5. The lowest BCUT2D eigenvalue weighted by atomic mass is 9.95. The lowest BCUT2D eigenvalue weighted by Crippen LogP contribution is -1.94. The van der Waals surface area contributed by atoms with Crippen LogP contribution in [0.3, 0.4) is 0 Å². The van der Waals surface area contributed by atoms with Crippen molar-refractivity contribution in [3.63, 3.8) is 0 Å². The number of fused-ring (bicyclic) bond motifs is 17. The topological polar surface area (TPSA) is 36.1 Å². The Kier molecular flexibility index (Phi) is 5.86. The minimum atomic E-state index is 0.872.